The van der Waals surface area contributed by atoms with E-state index in [9.17, 15) is 17.6 Å². The van der Waals surface area contributed by atoms with Gasteiger partial charge in [0, 0.05) is 0 Å². The zero-order valence-corrected chi connectivity index (χ0v) is 8.18. The highest BCUT2D eigenvalue weighted by Crippen LogP contribution is 2.30. The maximum atomic E-state index is 13.3. The van der Waals surface area contributed by atoms with Crippen LogP contribution in [0.4, 0.5) is 17.6 Å². The highest BCUT2D eigenvalue weighted by Gasteiger charge is 2.33. The summed E-state index contributed by atoms with van der Waals surface area (Å²) >= 11 is 5.47. The van der Waals surface area contributed by atoms with Crippen LogP contribution in [-0.4, -0.2) is 17.8 Å². The van der Waals surface area contributed by atoms with Gasteiger partial charge in [-0.25, -0.2) is 4.39 Å². The van der Waals surface area contributed by atoms with Crippen molar-refractivity contribution in [2.75, 3.05) is 0 Å². The number of ether oxygens (including phenoxy) is 1. The van der Waals surface area contributed by atoms with Gasteiger partial charge in [0.15, 0.2) is 11.6 Å². The Hall–Kier alpha value is -1.50. The molecule has 1 N–H and O–H groups in total. The monoisotopic (exact) mass is 257 g/mol. The standard InChI is InChI=1S/C8H4ClF4NO2/c9-5-1-2-6(16-8(11,12)13)7(10)4(5)3-14-15/h1-3,15H. The Balaban J connectivity index is 3.18. The molecule has 88 valence electrons. The summed E-state index contributed by atoms with van der Waals surface area (Å²) in [5.74, 6) is -2.41. The summed E-state index contributed by atoms with van der Waals surface area (Å²) in [6.45, 7) is 0. The number of rotatable bonds is 2. The number of halogens is 5. The van der Waals surface area contributed by atoms with E-state index >= 15 is 0 Å². The molecule has 3 nitrogen and oxygen atoms in total. The summed E-state index contributed by atoms with van der Waals surface area (Å²) < 4.78 is 52.2. The van der Waals surface area contributed by atoms with Gasteiger partial charge in [-0.3, -0.25) is 0 Å². The van der Waals surface area contributed by atoms with E-state index in [1.807, 2.05) is 0 Å². The van der Waals surface area contributed by atoms with Gasteiger partial charge in [0.1, 0.15) is 0 Å². The predicted octanol–water partition coefficient (Wildman–Crippen LogP) is 3.19. The van der Waals surface area contributed by atoms with Crippen molar-refractivity contribution < 1.29 is 27.5 Å². The van der Waals surface area contributed by atoms with E-state index in [-0.39, 0.29) is 5.02 Å². The molecule has 0 aliphatic heterocycles. The van der Waals surface area contributed by atoms with E-state index < -0.39 is 23.5 Å². The second kappa shape index (κ2) is 4.56. The van der Waals surface area contributed by atoms with Gasteiger partial charge in [0.25, 0.3) is 0 Å². The van der Waals surface area contributed by atoms with Gasteiger partial charge in [-0.1, -0.05) is 16.8 Å². The second-order valence-corrected chi connectivity index (χ2v) is 2.97. The first-order valence-electron chi connectivity index (χ1n) is 3.76. The molecular weight excluding hydrogens is 254 g/mol. The average molecular weight is 258 g/mol. The fourth-order valence-corrected chi connectivity index (χ4v) is 1.12. The normalized spacial score (nSPS) is 12.1. The van der Waals surface area contributed by atoms with Gasteiger partial charge in [-0.15, -0.1) is 13.2 Å². The van der Waals surface area contributed by atoms with E-state index in [0.717, 1.165) is 12.1 Å². The minimum absolute atomic E-state index is 0.204. The van der Waals surface area contributed by atoms with E-state index in [4.69, 9.17) is 16.8 Å². The molecule has 0 aliphatic carbocycles. The van der Waals surface area contributed by atoms with Crippen LogP contribution in [-0.2, 0) is 0 Å². The summed E-state index contributed by atoms with van der Waals surface area (Å²) in [5, 5.41) is 10.4. The van der Waals surface area contributed by atoms with Crippen molar-refractivity contribution in [2.24, 2.45) is 5.16 Å². The van der Waals surface area contributed by atoms with Gasteiger partial charge in [-0.05, 0) is 12.1 Å². The molecule has 1 rings (SSSR count). The molecule has 1 aromatic rings. The molecule has 0 heterocycles. The van der Waals surface area contributed by atoms with Crippen molar-refractivity contribution in [3.63, 3.8) is 0 Å². The Kier molecular flexibility index (Phi) is 3.58. The Morgan fingerprint density at radius 2 is 2.00 bits per heavy atom. The van der Waals surface area contributed by atoms with Crippen LogP contribution in [0.15, 0.2) is 17.3 Å². The fraction of sp³-hybridized carbons (Fsp3) is 0.125. The zero-order valence-electron chi connectivity index (χ0n) is 7.42. The first-order valence-corrected chi connectivity index (χ1v) is 4.14. The minimum atomic E-state index is -5.01. The number of oxime groups is 1. The minimum Gasteiger partial charge on any atom is -0.411 e. The van der Waals surface area contributed by atoms with E-state index in [1.54, 1.807) is 0 Å². The van der Waals surface area contributed by atoms with Crippen molar-refractivity contribution in [2.45, 2.75) is 6.36 Å². The highest BCUT2D eigenvalue weighted by atomic mass is 35.5. The lowest BCUT2D eigenvalue weighted by Gasteiger charge is -2.11. The average Bonchev–Trinajstić information content (AvgIpc) is 2.15. The second-order valence-electron chi connectivity index (χ2n) is 2.57. The molecule has 0 aliphatic rings. The fourth-order valence-electron chi connectivity index (χ4n) is 0.929. The van der Waals surface area contributed by atoms with Crippen LogP contribution in [0, 0.1) is 5.82 Å². The maximum absolute atomic E-state index is 13.3. The number of alkyl halides is 3. The van der Waals surface area contributed by atoms with Crippen molar-refractivity contribution in [1.29, 1.82) is 0 Å². The molecule has 0 radical (unpaired) electrons. The molecule has 0 bridgehead atoms. The summed E-state index contributed by atoms with van der Waals surface area (Å²) in [6.07, 6.45) is -4.44. The maximum Gasteiger partial charge on any atom is 0.573 e. The van der Waals surface area contributed by atoms with Gasteiger partial charge >= 0.3 is 6.36 Å². The van der Waals surface area contributed by atoms with Crippen LogP contribution >= 0.6 is 11.6 Å². The van der Waals surface area contributed by atoms with Crippen LogP contribution in [0.3, 0.4) is 0 Å². The van der Waals surface area contributed by atoms with Crippen LogP contribution in [0.1, 0.15) is 5.56 Å². The molecule has 0 saturated heterocycles. The number of hydrogen-bond donors (Lipinski definition) is 1. The summed E-state index contributed by atoms with van der Waals surface area (Å²) in [7, 11) is 0. The topological polar surface area (TPSA) is 41.8 Å². The molecule has 16 heavy (non-hydrogen) atoms. The molecule has 0 spiro atoms. The van der Waals surface area contributed by atoms with Crippen LogP contribution in [0.25, 0.3) is 0 Å². The van der Waals surface area contributed by atoms with E-state index in [0.29, 0.717) is 6.21 Å². The third kappa shape index (κ3) is 2.99. The first kappa shape index (κ1) is 12.6. The number of benzene rings is 1. The predicted molar refractivity (Wildman–Crippen MR) is 47.5 cm³/mol. The lowest BCUT2D eigenvalue weighted by Crippen LogP contribution is -2.18. The summed E-state index contributed by atoms with van der Waals surface area (Å²) in [5.41, 5.74) is -0.495. The molecule has 0 aromatic heterocycles. The highest BCUT2D eigenvalue weighted by molar-refractivity contribution is 6.33. The molecule has 0 fully saturated rings. The molecule has 0 saturated carbocycles. The Bertz CT molecular complexity index is 419. The number of hydrogen-bond acceptors (Lipinski definition) is 3. The smallest absolute Gasteiger partial charge is 0.411 e. The largest absolute Gasteiger partial charge is 0.573 e. The van der Waals surface area contributed by atoms with Crippen molar-refractivity contribution in [1.82, 2.24) is 0 Å². The van der Waals surface area contributed by atoms with Crippen LogP contribution < -0.4 is 4.74 Å². The van der Waals surface area contributed by atoms with Gasteiger partial charge in [0.2, 0.25) is 0 Å². The lowest BCUT2D eigenvalue weighted by atomic mass is 10.2. The molecule has 8 heteroatoms. The summed E-state index contributed by atoms with van der Waals surface area (Å²) in [6, 6.07) is 1.71. The first-order chi connectivity index (χ1) is 7.35. The molecular formula is C8H4ClF4NO2. The van der Waals surface area contributed by atoms with Gasteiger partial charge < -0.3 is 9.94 Å². The van der Waals surface area contributed by atoms with Gasteiger partial charge in [-0.2, -0.15) is 0 Å². The SMILES string of the molecule is ON=Cc1c(Cl)ccc(OC(F)(F)F)c1F. The molecule has 0 atom stereocenters. The van der Waals surface area contributed by atoms with Crippen molar-refractivity contribution >= 4 is 17.8 Å². The lowest BCUT2D eigenvalue weighted by molar-refractivity contribution is -0.275. The van der Waals surface area contributed by atoms with E-state index in [1.165, 1.54) is 0 Å². The van der Waals surface area contributed by atoms with E-state index in [2.05, 4.69) is 9.89 Å². The third-order valence-corrected chi connectivity index (χ3v) is 1.83. The summed E-state index contributed by atoms with van der Waals surface area (Å²) in [4.78, 5) is 0. The molecule has 1 aromatic carbocycles. The number of nitrogens with zero attached hydrogens (tertiary/aromatic N) is 1. The van der Waals surface area contributed by atoms with Crippen LogP contribution in [0.5, 0.6) is 5.75 Å². The molecule has 0 unspecified atom stereocenters. The Morgan fingerprint density at radius 1 is 1.38 bits per heavy atom. The Morgan fingerprint density at radius 3 is 2.50 bits per heavy atom. The zero-order chi connectivity index (χ0) is 12.3. The van der Waals surface area contributed by atoms with Gasteiger partial charge in [0.05, 0.1) is 16.8 Å². The van der Waals surface area contributed by atoms with Crippen molar-refractivity contribution in [3.8, 4) is 5.75 Å². The third-order valence-electron chi connectivity index (χ3n) is 1.50. The Labute approximate surface area is 91.9 Å². The quantitative estimate of drug-likeness (QED) is 0.383. The van der Waals surface area contributed by atoms with Crippen LogP contribution in [0.2, 0.25) is 5.02 Å². The molecule has 0 amide bonds. The van der Waals surface area contributed by atoms with Crippen molar-refractivity contribution in [3.05, 3.63) is 28.5 Å².